The summed E-state index contributed by atoms with van der Waals surface area (Å²) in [7, 11) is 2.10. The summed E-state index contributed by atoms with van der Waals surface area (Å²) in [6.45, 7) is 4.83. The minimum absolute atomic E-state index is 0.213. The zero-order valence-electron chi connectivity index (χ0n) is 10.1. The van der Waals surface area contributed by atoms with Crippen LogP contribution >= 0.6 is 11.6 Å². The number of halogens is 1. The Bertz CT molecular complexity index is 385. The third kappa shape index (κ3) is 3.41. The van der Waals surface area contributed by atoms with Gasteiger partial charge in [0.15, 0.2) is 0 Å². The van der Waals surface area contributed by atoms with Gasteiger partial charge in [-0.3, -0.25) is 0 Å². The van der Waals surface area contributed by atoms with Crippen LogP contribution in [0.25, 0.3) is 0 Å². The maximum Gasteiger partial charge on any atom is 0.229 e. The lowest BCUT2D eigenvalue weighted by molar-refractivity contribution is 0.414. The van der Waals surface area contributed by atoms with E-state index in [9.17, 15) is 0 Å². The molecule has 1 aliphatic heterocycles. The molecule has 0 radical (unpaired) electrons. The first-order valence-corrected chi connectivity index (χ1v) is 6.15. The van der Waals surface area contributed by atoms with Crippen molar-refractivity contribution in [2.75, 3.05) is 37.3 Å². The predicted molar refractivity (Wildman–Crippen MR) is 68.5 cm³/mol. The maximum atomic E-state index is 5.85. The Balaban J connectivity index is 2.04. The van der Waals surface area contributed by atoms with E-state index in [0.717, 1.165) is 26.1 Å². The quantitative estimate of drug-likeness (QED) is 0.840. The molecule has 2 N–H and O–H groups in total. The summed E-state index contributed by atoms with van der Waals surface area (Å²) in [6.07, 6.45) is 1.09. The Morgan fingerprint density at radius 2 is 2.12 bits per heavy atom. The van der Waals surface area contributed by atoms with E-state index in [-0.39, 0.29) is 5.28 Å². The smallest absolute Gasteiger partial charge is 0.229 e. The minimum Gasteiger partial charge on any atom is -0.354 e. The van der Waals surface area contributed by atoms with Gasteiger partial charge in [0.2, 0.25) is 17.2 Å². The average molecular weight is 257 g/mol. The molecule has 0 saturated carbocycles. The topological polar surface area (TPSA) is 66.0 Å². The third-order valence-corrected chi connectivity index (χ3v) is 2.84. The van der Waals surface area contributed by atoms with Crippen molar-refractivity contribution in [2.45, 2.75) is 19.4 Å². The van der Waals surface area contributed by atoms with Gasteiger partial charge in [-0.2, -0.15) is 15.0 Å². The molecule has 0 spiro atoms. The van der Waals surface area contributed by atoms with Gasteiger partial charge in [0.05, 0.1) is 0 Å². The second-order valence-corrected chi connectivity index (χ2v) is 4.51. The van der Waals surface area contributed by atoms with Crippen LogP contribution in [0, 0.1) is 0 Å². The second-order valence-electron chi connectivity index (χ2n) is 4.17. The van der Waals surface area contributed by atoms with Gasteiger partial charge in [0.1, 0.15) is 0 Å². The van der Waals surface area contributed by atoms with Crippen molar-refractivity contribution >= 4 is 23.5 Å². The van der Waals surface area contributed by atoms with E-state index in [1.807, 2.05) is 6.92 Å². The van der Waals surface area contributed by atoms with Crippen LogP contribution in [0.3, 0.4) is 0 Å². The monoisotopic (exact) mass is 256 g/mol. The molecule has 1 unspecified atom stereocenters. The lowest BCUT2D eigenvalue weighted by Gasteiger charge is -2.13. The van der Waals surface area contributed by atoms with Gasteiger partial charge in [-0.25, -0.2) is 0 Å². The van der Waals surface area contributed by atoms with Crippen molar-refractivity contribution in [1.29, 1.82) is 0 Å². The van der Waals surface area contributed by atoms with E-state index in [2.05, 4.69) is 37.5 Å². The number of anilines is 2. The van der Waals surface area contributed by atoms with Crippen molar-refractivity contribution in [1.82, 2.24) is 19.9 Å². The van der Waals surface area contributed by atoms with E-state index < -0.39 is 0 Å². The number of nitrogens with zero attached hydrogens (tertiary/aromatic N) is 4. The van der Waals surface area contributed by atoms with E-state index in [4.69, 9.17) is 11.6 Å². The molecule has 1 fully saturated rings. The van der Waals surface area contributed by atoms with E-state index in [0.29, 0.717) is 17.9 Å². The number of likely N-dealkylation sites (tertiary alicyclic amines) is 1. The van der Waals surface area contributed by atoms with Gasteiger partial charge in [-0.15, -0.1) is 0 Å². The molecule has 0 bridgehead atoms. The van der Waals surface area contributed by atoms with Crippen molar-refractivity contribution in [2.24, 2.45) is 0 Å². The minimum atomic E-state index is 0.213. The normalized spacial score (nSPS) is 20.5. The van der Waals surface area contributed by atoms with Crippen molar-refractivity contribution < 1.29 is 0 Å². The highest BCUT2D eigenvalue weighted by atomic mass is 35.5. The highest BCUT2D eigenvalue weighted by molar-refractivity contribution is 6.28. The lowest BCUT2D eigenvalue weighted by Crippen LogP contribution is -2.25. The Hall–Kier alpha value is -1.14. The summed E-state index contributed by atoms with van der Waals surface area (Å²) >= 11 is 5.85. The van der Waals surface area contributed by atoms with Gasteiger partial charge < -0.3 is 15.5 Å². The number of likely N-dealkylation sites (N-methyl/N-ethyl adjacent to an activating group) is 1. The third-order valence-electron chi connectivity index (χ3n) is 2.67. The second kappa shape index (κ2) is 5.46. The molecule has 1 aliphatic rings. The van der Waals surface area contributed by atoms with Crippen molar-refractivity contribution in [3.8, 4) is 0 Å². The molecular formula is C10H17ClN6. The van der Waals surface area contributed by atoms with Crippen LogP contribution < -0.4 is 10.6 Å². The Kier molecular flexibility index (Phi) is 3.96. The van der Waals surface area contributed by atoms with Gasteiger partial charge >= 0.3 is 0 Å². The maximum absolute atomic E-state index is 5.85. The first-order chi connectivity index (χ1) is 8.17. The van der Waals surface area contributed by atoms with Crippen LogP contribution in [-0.4, -0.2) is 52.6 Å². The number of nitrogens with one attached hydrogen (secondary N) is 2. The van der Waals surface area contributed by atoms with E-state index >= 15 is 0 Å². The predicted octanol–water partition coefficient (Wildman–Crippen LogP) is 1.07. The van der Waals surface area contributed by atoms with Crippen molar-refractivity contribution in [3.63, 3.8) is 0 Å². The number of hydrogen-bond acceptors (Lipinski definition) is 6. The Morgan fingerprint density at radius 3 is 2.76 bits per heavy atom. The van der Waals surface area contributed by atoms with Crippen LogP contribution in [0.1, 0.15) is 13.3 Å². The molecule has 1 aromatic heterocycles. The zero-order valence-corrected chi connectivity index (χ0v) is 10.8. The molecule has 0 aliphatic carbocycles. The van der Waals surface area contributed by atoms with Crippen LogP contribution in [-0.2, 0) is 0 Å². The van der Waals surface area contributed by atoms with Crippen LogP contribution in [0.15, 0.2) is 0 Å². The summed E-state index contributed by atoms with van der Waals surface area (Å²) in [6, 6.07) is 0.382. The molecule has 2 rings (SSSR count). The van der Waals surface area contributed by atoms with Gasteiger partial charge in [-0.05, 0) is 38.5 Å². The highest BCUT2D eigenvalue weighted by Crippen LogP contribution is 2.14. The largest absolute Gasteiger partial charge is 0.354 e. The molecule has 0 amide bonds. The SMILES string of the molecule is CCNc1nc(Cl)nc(NC2CCN(C)C2)n1. The fraction of sp³-hybridized carbons (Fsp3) is 0.700. The lowest BCUT2D eigenvalue weighted by atomic mass is 10.3. The highest BCUT2D eigenvalue weighted by Gasteiger charge is 2.20. The molecule has 94 valence electrons. The molecule has 1 aromatic rings. The van der Waals surface area contributed by atoms with E-state index in [1.165, 1.54) is 0 Å². The molecule has 7 heteroatoms. The molecule has 1 saturated heterocycles. The Labute approximate surface area is 106 Å². The fourth-order valence-corrected chi connectivity index (χ4v) is 2.05. The molecule has 6 nitrogen and oxygen atoms in total. The first kappa shape index (κ1) is 12.3. The molecular weight excluding hydrogens is 240 g/mol. The Morgan fingerprint density at radius 1 is 1.35 bits per heavy atom. The fourth-order valence-electron chi connectivity index (χ4n) is 1.89. The van der Waals surface area contributed by atoms with E-state index in [1.54, 1.807) is 0 Å². The summed E-state index contributed by atoms with van der Waals surface area (Å²) in [5.41, 5.74) is 0. The van der Waals surface area contributed by atoms with Gasteiger partial charge in [-0.1, -0.05) is 0 Å². The summed E-state index contributed by atoms with van der Waals surface area (Å²) in [5, 5.41) is 6.52. The van der Waals surface area contributed by atoms with Crippen LogP contribution in [0.2, 0.25) is 5.28 Å². The summed E-state index contributed by atoms with van der Waals surface area (Å²) in [5.74, 6) is 1.06. The molecule has 17 heavy (non-hydrogen) atoms. The van der Waals surface area contributed by atoms with Gasteiger partial charge in [0, 0.05) is 19.1 Å². The van der Waals surface area contributed by atoms with Gasteiger partial charge in [0.25, 0.3) is 0 Å². The molecule has 2 heterocycles. The standard InChI is InChI=1S/C10H17ClN6/c1-3-12-9-14-8(11)15-10(16-9)13-7-4-5-17(2)6-7/h7H,3-6H2,1-2H3,(H2,12,13,14,15,16). The van der Waals surface area contributed by atoms with Crippen LogP contribution in [0.4, 0.5) is 11.9 Å². The zero-order chi connectivity index (χ0) is 12.3. The number of rotatable bonds is 4. The van der Waals surface area contributed by atoms with Crippen LogP contribution in [0.5, 0.6) is 0 Å². The average Bonchev–Trinajstić information content (AvgIpc) is 2.63. The molecule has 1 atom stereocenters. The first-order valence-electron chi connectivity index (χ1n) is 5.78. The van der Waals surface area contributed by atoms with Crippen molar-refractivity contribution in [3.05, 3.63) is 5.28 Å². The molecule has 0 aromatic carbocycles. The summed E-state index contributed by atoms with van der Waals surface area (Å²) < 4.78 is 0. The summed E-state index contributed by atoms with van der Waals surface area (Å²) in [4.78, 5) is 14.6. The number of aromatic nitrogens is 3. The number of hydrogen-bond donors (Lipinski definition) is 2.